The van der Waals surface area contributed by atoms with Gasteiger partial charge in [0, 0.05) is 17.8 Å². The standard InChI is InChI=1S/C20H28N4O2/c1-2-12-22-19(26)16-8-7-9-17(13-16)23-14-18(25)24-20(15-21)10-5-3-4-6-11-20/h7-9,13,23H,2-6,10-12,14H2,1H3,(H,22,26)(H,24,25). The van der Waals surface area contributed by atoms with Gasteiger partial charge in [0.05, 0.1) is 12.6 Å². The van der Waals surface area contributed by atoms with Gasteiger partial charge in [-0.15, -0.1) is 0 Å². The first kappa shape index (κ1) is 19.8. The highest BCUT2D eigenvalue weighted by Gasteiger charge is 2.32. The van der Waals surface area contributed by atoms with Crippen LogP contribution in [0, 0.1) is 11.3 Å². The van der Waals surface area contributed by atoms with E-state index in [1.165, 1.54) is 0 Å². The molecule has 1 aliphatic rings. The van der Waals surface area contributed by atoms with Gasteiger partial charge in [0.15, 0.2) is 0 Å². The third kappa shape index (κ3) is 5.76. The van der Waals surface area contributed by atoms with Crippen LogP contribution in [-0.4, -0.2) is 30.4 Å². The van der Waals surface area contributed by atoms with Crippen molar-refractivity contribution in [3.05, 3.63) is 29.8 Å². The van der Waals surface area contributed by atoms with E-state index in [2.05, 4.69) is 22.0 Å². The first-order valence-corrected chi connectivity index (χ1v) is 9.43. The summed E-state index contributed by atoms with van der Waals surface area (Å²) >= 11 is 0. The van der Waals surface area contributed by atoms with Crippen LogP contribution in [0.25, 0.3) is 0 Å². The van der Waals surface area contributed by atoms with Crippen molar-refractivity contribution in [2.24, 2.45) is 0 Å². The summed E-state index contributed by atoms with van der Waals surface area (Å²) in [5.41, 5.74) is 0.522. The van der Waals surface area contributed by atoms with Crippen LogP contribution in [-0.2, 0) is 4.79 Å². The monoisotopic (exact) mass is 356 g/mol. The summed E-state index contributed by atoms with van der Waals surface area (Å²) in [6.07, 6.45) is 6.47. The van der Waals surface area contributed by atoms with E-state index in [1.807, 2.05) is 13.0 Å². The van der Waals surface area contributed by atoms with Gasteiger partial charge in [-0.3, -0.25) is 9.59 Å². The summed E-state index contributed by atoms with van der Waals surface area (Å²) in [4.78, 5) is 24.3. The second-order valence-electron chi connectivity index (χ2n) is 6.85. The minimum atomic E-state index is -0.739. The minimum Gasteiger partial charge on any atom is -0.376 e. The molecule has 1 saturated carbocycles. The molecule has 2 amide bonds. The maximum absolute atomic E-state index is 12.3. The van der Waals surface area contributed by atoms with E-state index in [0.29, 0.717) is 30.6 Å². The molecule has 140 valence electrons. The largest absolute Gasteiger partial charge is 0.376 e. The average Bonchev–Trinajstić information content (AvgIpc) is 2.90. The highest BCUT2D eigenvalue weighted by molar-refractivity contribution is 5.95. The number of rotatable bonds is 7. The lowest BCUT2D eigenvalue weighted by molar-refractivity contribution is -0.120. The number of benzene rings is 1. The van der Waals surface area contributed by atoms with Crippen molar-refractivity contribution >= 4 is 17.5 Å². The van der Waals surface area contributed by atoms with Crippen LogP contribution in [0.1, 0.15) is 62.2 Å². The molecule has 0 unspecified atom stereocenters. The molecule has 1 aromatic carbocycles. The van der Waals surface area contributed by atoms with E-state index in [-0.39, 0.29) is 18.4 Å². The van der Waals surface area contributed by atoms with Crippen molar-refractivity contribution in [2.45, 2.75) is 57.4 Å². The van der Waals surface area contributed by atoms with E-state index in [1.54, 1.807) is 18.2 Å². The Bertz CT molecular complexity index is 658. The fourth-order valence-electron chi connectivity index (χ4n) is 3.20. The first-order chi connectivity index (χ1) is 12.6. The third-order valence-corrected chi connectivity index (χ3v) is 4.66. The fraction of sp³-hybridized carbons (Fsp3) is 0.550. The van der Waals surface area contributed by atoms with E-state index < -0.39 is 5.54 Å². The molecule has 0 spiro atoms. The Morgan fingerprint density at radius 3 is 2.58 bits per heavy atom. The summed E-state index contributed by atoms with van der Waals surface area (Å²) in [6, 6.07) is 9.38. The molecule has 1 aromatic rings. The van der Waals surface area contributed by atoms with Gasteiger partial charge in [-0.1, -0.05) is 38.7 Å². The molecule has 0 radical (unpaired) electrons. The second-order valence-corrected chi connectivity index (χ2v) is 6.85. The van der Waals surface area contributed by atoms with Gasteiger partial charge in [0.25, 0.3) is 5.91 Å². The fourth-order valence-corrected chi connectivity index (χ4v) is 3.20. The van der Waals surface area contributed by atoms with Crippen LogP contribution < -0.4 is 16.0 Å². The van der Waals surface area contributed by atoms with Crippen molar-refractivity contribution < 1.29 is 9.59 Å². The summed E-state index contributed by atoms with van der Waals surface area (Å²) in [6.45, 7) is 2.71. The lowest BCUT2D eigenvalue weighted by Gasteiger charge is -2.26. The topological polar surface area (TPSA) is 94.0 Å². The first-order valence-electron chi connectivity index (χ1n) is 9.43. The minimum absolute atomic E-state index is 0.0729. The van der Waals surface area contributed by atoms with E-state index >= 15 is 0 Å². The molecule has 6 nitrogen and oxygen atoms in total. The Balaban J connectivity index is 1.90. The molecule has 1 fully saturated rings. The smallest absolute Gasteiger partial charge is 0.251 e. The highest BCUT2D eigenvalue weighted by atomic mass is 16.2. The lowest BCUT2D eigenvalue weighted by Crippen LogP contribution is -2.48. The average molecular weight is 356 g/mol. The zero-order valence-electron chi connectivity index (χ0n) is 15.4. The highest BCUT2D eigenvalue weighted by Crippen LogP contribution is 2.26. The normalized spacial score (nSPS) is 16.0. The molecule has 0 atom stereocenters. The number of carbonyl (C=O) groups is 2. The molecular weight excluding hydrogens is 328 g/mol. The Morgan fingerprint density at radius 1 is 1.19 bits per heavy atom. The van der Waals surface area contributed by atoms with Crippen molar-refractivity contribution in [3.63, 3.8) is 0 Å². The molecular formula is C20H28N4O2. The van der Waals surface area contributed by atoms with Gasteiger partial charge in [-0.05, 0) is 37.5 Å². The van der Waals surface area contributed by atoms with E-state index in [0.717, 1.165) is 32.1 Å². The molecule has 2 rings (SSSR count). The van der Waals surface area contributed by atoms with Crippen LogP contribution in [0.3, 0.4) is 0 Å². The van der Waals surface area contributed by atoms with Gasteiger partial charge in [-0.2, -0.15) is 5.26 Å². The summed E-state index contributed by atoms with van der Waals surface area (Å²) < 4.78 is 0. The van der Waals surface area contributed by atoms with Crippen molar-refractivity contribution in [1.82, 2.24) is 10.6 Å². The molecule has 1 aliphatic carbocycles. The number of carbonyl (C=O) groups excluding carboxylic acids is 2. The quantitative estimate of drug-likeness (QED) is 0.655. The Hall–Kier alpha value is -2.55. The maximum atomic E-state index is 12.3. The molecule has 3 N–H and O–H groups in total. The third-order valence-electron chi connectivity index (χ3n) is 4.66. The predicted octanol–water partition coefficient (Wildman–Crippen LogP) is 2.97. The number of nitrogens with zero attached hydrogens (tertiary/aromatic N) is 1. The Labute approximate surface area is 155 Å². The SMILES string of the molecule is CCCNC(=O)c1cccc(NCC(=O)NC2(C#N)CCCCCC2)c1. The van der Waals surface area contributed by atoms with Crippen LogP contribution >= 0.6 is 0 Å². The van der Waals surface area contributed by atoms with Gasteiger partial charge in [0.1, 0.15) is 5.54 Å². The zero-order chi connectivity index (χ0) is 18.8. The number of hydrogen-bond acceptors (Lipinski definition) is 4. The van der Waals surface area contributed by atoms with Crippen LogP contribution in [0.2, 0.25) is 0 Å². The molecule has 0 aliphatic heterocycles. The van der Waals surface area contributed by atoms with Gasteiger partial charge in [0.2, 0.25) is 5.91 Å². The van der Waals surface area contributed by atoms with Crippen molar-refractivity contribution in [3.8, 4) is 6.07 Å². The Morgan fingerprint density at radius 2 is 1.92 bits per heavy atom. The van der Waals surface area contributed by atoms with Gasteiger partial charge < -0.3 is 16.0 Å². The summed E-state index contributed by atoms with van der Waals surface area (Å²) in [5.74, 6) is -0.323. The summed E-state index contributed by atoms with van der Waals surface area (Å²) in [5, 5.41) is 18.3. The van der Waals surface area contributed by atoms with Gasteiger partial charge in [-0.25, -0.2) is 0 Å². The van der Waals surface area contributed by atoms with Gasteiger partial charge >= 0.3 is 0 Å². The molecule has 0 heterocycles. The Kier molecular flexibility index (Phi) is 7.46. The van der Waals surface area contributed by atoms with Crippen LogP contribution in [0.15, 0.2) is 24.3 Å². The zero-order valence-corrected chi connectivity index (χ0v) is 15.4. The predicted molar refractivity (Wildman–Crippen MR) is 102 cm³/mol. The van der Waals surface area contributed by atoms with Crippen molar-refractivity contribution in [1.29, 1.82) is 5.26 Å². The lowest BCUT2D eigenvalue weighted by atomic mass is 9.92. The molecule has 0 bridgehead atoms. The van der Waals surface area contributed by atoms with Crippen LogP contribution in [0.4, 0.5) is 5.69 Å². The van der Waals surface area contributed by atoms with E-state index in [4.69, 9.17) is 0 Å². The molecule has 0 saturated heterocycles. The number of hydrogen-bond donors (Lipinski definition) is 3. The van der Waals surface area contributed by atoms with E-state index in [9.17, 15) is 14.9 Å². The molecule has 26 heavy (non-hydrogen) atoms. The second kappa shape index (κ2) is 9.81. The number of amides is 2. The molecule has 6 heteroatoms. The number of nitrogens with one attached hydrogen (secondary N) is 3. The number of anilines is 1. The van der Waals surface area contributed by atoms with Crippen molar-refractivity contribution in [2.75, 3.05) is 18.4 Å². The number of nitriles is 1. The molecule has 0 aromatic heterocycles. The summed E-state index contributed by atoms with van der Waals surface area (Å²) in [7, 11) is 0. The maximum Gasteiger partial charge on any atom is 0.251 e. The van der Waals surface area contributed by atoms with Crippen LogP contribution in [0.5, 0.6) is 0 Å².